The van der Waals surface area contributed by atoms with Gasteiger partial charge in [-0.3, -0.25) is 9.59 Å². The zero-order chi connectivity index (χ0) is 25.1. The van der Waals surface area contributed by atoms with Crippen molar-refractivity contribution in [3.05, 3.63) is 95.6 Å². The number of rotatable bonds is 5. The fraction of sp³-hybridized carbons (Fsp3) is 0.333. The summed E-state index contributed by atoms with van der Waals surface area (Å²) in [5, 5.41) is 0. The average Bonchev–Trinajstić information content (AvgIpc) is 2.79. The second kappa shape index (κ2) is 9.46. The number of carbonyl (C=O) groups excluding carboxylic acids is 2. The normalized spacial score (nSPS) is 12.2. The third kappa shape index (κ3) is 5.56. The predicted octanol–water partition coefficient (Wildman–Crippen LogP) is 6.94. The Balaban J connectivity index is 1.97. The molecular weight excluding hydrogens is 424 g/mol. The van der Waals surface area contributed by atoms with Crippen molar-refractivity contribution in [3.8, 4) is 11.5 Å². The molecule has 178 valence electrons. The molecule has 0 spiro atoms. The lowest BCUT2D eigenvalue weighted by Gasteiger charge is -2.32. The van der Waals surface area contributed by atoms with Crippen LogP contribution in [0.15, 0.2) is 78.9 Å². The fourth-order valence-electron chi connectivity index (χ4n) is 3.50. The van der Waals surface area contributed by atoms with Crippen molar-refractivity contribution in [1.82, 2.24) is 0 Å². The molecule has 3 aromatic rings. The summed E-state index contributed by atoms with van der Waals surface area (Å²) in [4.78, 5) is 24.5. The van der Waals surface area contributed by atoms with Gasteiger partial charge in [-0.1, -0.05) is 54.6 Å². The molecule has 0 unspecified atom stereocenters. The van der Waals surface area contributed by atoms with Gasteiger partial charge in [-0.25, -0.2) is 0 Å². The lowest BCUT2D eigenvalue weighted by molar-refractivity contribution is -0.143. The van der Waals surface area contributed by atoms with Gasteiger partial charge in [0.05, 0.1) is 10.8 Å². The maximum atomic E-state index is 12.3. The first-order valence-corrected chi connectivity index (χ1v) is 11.5. The smallest absolute Gasteiger partial charge is 0.316 e. The molecule has 3 aromatic carbocycles. The quantitative estimate of drug-likeness (QED) is 0.236. The van der Waals surface area contributed by atoms with Gasteiger partial charge in [0, 0.05) is 5.41 Å². The summed E-state index contributed by atoms with van der Waals surface area (Å²) in [5.74, 6) is 0.491. The van der Waals surface area contributed by atoms with Crippen LogP contribution in [0.2, 0.25) is 0 Å². The Morgan fingerprint density at radius 1 is 0.500 bits per heavy atom. The Morgan fingerprint density at radius 2 is 0.824 bits per heavy atom. The van der Waals surface area contributed by atoms with Crippen LogP contribution in [0.4, 0.5) is 0 Å². The van der Waals surface area contributed by atoms with Crippen molar-refractivity contribution in [1.29, 1.82) is 0 Å². The zero-order valence-electron chi connectivity index (χ0n) is 21.1. The van der Waals surface area contributed by atoms with Gasteiger partial charge >= 0.3 is 11.9 Å². The second-order valence-electron chi connectivity index (χ2n) is 10.8. The first-order chi connectivity index (χ1) is 15.8. The summed E-state index contributed by atoms with van der Waals surface area (Å²) in [6.45, 7) is 13.2. The number of ether oxygens (including phenoxy) is 2. The topological polar surface area (TPSA) is 52.6 Å². The molecule has 3 rings (SSSR count). The van der Waals surface area contributed by atoms with Gasteiger partial charge in [0.15, 0.2) is 0 Å². The Hall–Kier alpha value is -3.40. The third-order valence-electron chi connectivity index (χ3n) is 5.86. The van der Waals surface area contributed by atoms with Crippen molar-refractivity contribution in [3.63, 3.8) is 0 Å². The molecule has 0 aliphatic heterocycles. The molecular formula is C30H34O4. The van der Waals surface area contributed by atoms with Gasteiger partial charge < -0.3 is 9.47 Å². The zero-order valence-corrected chi connectivity index (χ0v) is 21.1. The van der Waals surface area contributed by atoms with E-state index < -0.39 is 16.2 Å². The minimum absolute atomic E-state index is 0.272. The molecule has 0 fully saturated rings. The maximum Gasteiger partial charge on any atom is 0.316 e. The SMILES string of the molecule is CC(C)(C)C(=O)Oc1ccc(C(C)(c2ccccc2)c2ccc(OC(=O)C(C)(C)C)cc2)cc1. The molecule has 0 atom stereocenters. The molecule has 4 heteroatoms. The van der Waals surface area contributed by atoms with Crippen molar-refractivity contribution >= 4 is 11.9 Å². The predicted molar refractivity (Wildman–Crippen MR) is 135 cm³/mol. The Bertz CT molecular complexity index is 1060. The maximum absolute atomic E-state index is 12.3. The minimum Gasteiger partial charge on any atom is -0.426 e. The first-order valence-electron chi connectivity index (χ1n) is 11.5. The van der Waals surface area contributed by atoms with E-state index in [-0.39, 0.29) is 11.9 Å². The molecule has 0 N–H and O–H groups in total. The standard InChI is InChI=1S/C30H34O4/c1-28(2,3)26(31)33-24-17-13-22(14-18-24)30(7,21-11-9-8-10-12-21)23-15-19-25(20-16-23)34-27(32)29(4,5)6/h8-20H,1-7H3. The van der Waals surface area contributed by atoms with Gasteiger partial charge in [0.1, 0.15) is 11.5 Å². The number of esters is 2. The summed E-state index contributed by atoms with van der Waals surface area (Å²) in [5.41, 5.74) is 1.60. The Kier molecular flexibility index (Phi) is 7.02. The molecule has 0 amide bonds. The van der Waals surface area contributed by atoms with Crippen LogP contribution >= 0.6 is 0 Å². The van der Waals surface area contributed by atoms with Crippen LogP contribution in [0.3, 0.4) is 0 Å². The summed E-state index contributed by atoms with van der Waals surface area (Å²) < 4.78 is 11.1. The van der Waals surface area contributed by atoms with Crippen LogP contribution in [0.25, 0.3) is 0 Å². The van der Waals surface area contributed by atoms with Crippen molar-refractivity contribution in [2.75, 3.05) is 0 Å². The van der Waals surface area contributed by atoms with Crippen molar-refractivity contribution in [2.45, 2.75) is 53.9 Å². The summed E-state index contributed by atoms with van der Waals surface area (Å²) in [6.07, 6.45) is 0. The lowest BCUT2D eigenvalue weighted by Crippen LogP contribution is -2.27. The highest BCUT2D eigenvalue weighted by Crippen LogP contribution is 2.40. The van der Waals surface area contributed by atoms with Crippen LogP contribution in [-0.2, 0) is 15.0 Å². The Labute approximate surface area is 202 Å². The number of hydrogen-bond donors (Lipinski definition) is 0. The van der Waals surface area contributed by atoms with E-state index in [2.05, 4.69) is 19.1 Å². The third-order valence-corrected chi connectivity index (χ3v) is 5.86. The number of carbonyl (C=O) groups is 2. The van der Waals surface area contributed by atoms with Crippen LogP contribution in [0.1, 0.15) is 65.2 Å². The van der Waals surface area contributed by atoms with Crippen LogP contribution in [0.5, 0.6) is 11.5 Å². The van der Waals surface area contributed by atoms with Gasteiger partial charge in [0.2, 0.25) is 0 Å². The van der Waals surface area contributed by atoms with E-state index in [4.69, 9.17) is 9.47 Å². The second-order valence-corrected chi connectivity index (χ2v) is 10.8. The van der Waals surface area contributed by atoms with Crippen LogP contribution in [-0.4, -0.2) is 11.9 Å². The summed E-state index contributed by atoms with van der Waals surface area (Å²) >= 11 is 0. The minimum atomic E-state index is -0.574. The molecule has 0 aromatic heterocycles. The van der Waals surface area contributed by atoms with Crippen LogP contribution in [0, 0.1) is 10.8 Å². The van der Waals surface area contributed by atoms with E-state index >= 15 is 0 Å². The molecule has 0 aliphatic carbocycles. The summed E-state index contributed by atoms with van der Waals surface area (Å²) in [6, 6.07) is 25.5. The fourth-order valence-corrected chi connectivity index (χ4v) is 3.50. The number of benzene rings is 3. The Morgan fingerprint density at radius 3 is 1.15 bits per heavy atom. The van der Waals surface area contributed by atoms with E-state index in [1.165, 1.54) is 0 Å². The van der Waals surface area contributed by atoms with E-state index in [0.29, 0.717) is 11.5 Å². The highest BCUT2D eigenvalue weighted by atomic mass is 16.5. The molecule has 4 nitrogen and oxygen atoms in total. The van der Waals surface area contributed by atoms with E-state index in [9.17, 15) is 9.59 Å². The van der Waals surface area contributed by atoms with Crippen molar-refractivity contribution in [2.24, 2.45) is 10.8 Å². The molecule has 0 saturated carbocycles. The average molecular weight is 459 g/mol. The van der Waals surface area contributed by atoms with E-state index in [0.717, 1.165) is 16.7 Å². The first kappa shape index (κ1) is 25.2. The number of hydrogen-bond acceptors (Lipinski definition) is 4. The molecule has 0 radical (unpaired) electrons. The lowest BCUT2D eigenvalue weighted by atomic mass is 9.71. The molecule has 34 heavy (non-hydrogen) atoms. The molecule has 0 aliphatic rings. The molecule has 0 saturated heterocycles. The van der Waals surface area contributed by atoms with Gasteiger partial charge in [0.25, 0.3) is 0 Å². The van der Waals surface area contributed by atoms with Gasteiger partial charge in [-0.05, 0) is 89.4 Å². The highest BCUT2D eigenvalue weighted by molar-refractivity contribution is 5.78. The van der Waals surface area contributed by atoms with E-state index in [1.807, 2.05) is 108 Å². The molecule has 0 heterocycles. The van der Waals surface area contributed by atoms with Crippen LogP contribution < -0.4 is 9.47 Å². The van der Waals surface area contributed by atoms with Gasteiger partial charge in [-0.15, -0.1) is 0 Å². The summed E-state index contributed by atoms with van der Waals surface area (Å²) in [7, 11) is 0. The highest BCUT2D eigenvalue weighted by Gasteiger charge is 2.32. The van der Waals surface area contributed by atoms with E-state index in [1.54, 1.807) is 0 Å². The molecule has 0 bridgehead atoms. The largest absolute Gasteiger partial charge is 0.426 e. The van der Waals surface area contributed by atoms with Gasteiger partial charge in [-0.2, -0.15) is 0 Å². The monoisotopic (exact) mass is 458 g/mol. The van der Waals surface area contributed by atoms with Crippen molar-refractivity contribution < 1.29 is 19.1 Å².